The maximum atomic E-state index is 3.49. The first kappa shape index (κ1) is 11.8. The lowest BCUT2D eigenvalue weighted by Gasteiger charge is -2.21. The zero-order valence-corrected chi connectivity index (χ0v) is 10.2. The first-order valence-corrected chi connectivity index (χ1v) is 5.85. The van der Waals surface area contributed by atoms with Gasteiger partial charge in [-0.3, -0.25) is 0 Å². The molecule has 0 aromatic heterocycles. The van der Waals surface area contributed by atoms with E-state index < -0.39 is 0 Å². The van der Waals surface area contributed by atoms with Crippen molar-refractivity contribution in [3.05, 3.63) is 35.4 Å². The fraction of sp³-hybridized carbons (Fsp3) is 0.429. The molecule has 0 saturated carbocycles. The van der Waals surface area contributed by atoms with Crippen molar-refractivity contribution >= 4 is 11.8 Å². The van der Waals surface area contributed by atoms with Gasteiger partial charge in [-0.2, -0.15) is 0 Å². The van der Waals surface area contributed by atoms with E-state index in [-0.39, 0.29) is 0 Å². The Kier molecular flexibility index (Phi) is 4.41. The van der Waals surface area contributed by atoms with Gasteiger partial charge >= 0.3 is 0 Å². The molecule has 0 saturated heterocycles. The van der Waals surface area contributed by atoms with E-state index in [1.807, 2.05) is 13.8 Å². The smallest absolute Gasteiger partial charge is 0.0445 e. The molecule has 1 heterocycles. The van der Waals surface area contributed by atoms with E-state index in [2.05, 4.69) is 49.5 Å². The third kappa shape index (κ3) is 2.85. The molecule has 82 valence electrons. The molecule has 0 spiro atoms. The van der Waals surface area contributed by atoms with Crippen LogP contribution in [0.3, 0.4) is 0 Å². The van der Waals surface area contributed by atoms with Gasteiger partial charge in [0.1, 0.15) is 0 Å². The molecule has 0 aliphatic carbocycles. The van der Waals surface area contributed by atoms with Crippen LogP contribution in [0.2, 0.25) is 0 Å². The molecule has 1 heteroatoms. The number of rotatable bonds is 1. The fourth-order valence-corrected chi connectivity index (χ4v) is 1.66. The maximum Gasteiger partial charge on any atom is 0.0445 e. The molecular weight excluding hydrogens is 182 g/mol. The molecule has 0 bridgehead atoms. The highest BCUT2D eigenvalue weighted by Gasteiger charge is 2.09. The zero-order valence-electron chi connectivity index (χ0n) is 10.2. The van der Waals surface area contributed by atoms with Gasteiger partial charge in [0.25, 0.3) is 0 Å². The van der Waals surface area contributed by atoms with Crippen molar-refractivity contribution in [1.82, 2.24) is 0 Å². The van der Waals surface area contributed by atoms with Gasteiger partial charge in [-0.1, -0.05) is 44.6 Å². The molecule has 1 unspecified atom stereocenters. The summed E-state index contributed by atoms with van der Waals surface area (Å²) in [5.41, 5.74) is 3.89. The van der Waals surface area contributed by atoms with Gasteiger partial charge in [0.05, 0.1) is 0 Å². The molecule has 1 nitrogen and oxygen atoms in total. The lowest BCUT2D eigenvalue weighted by molar-refractivity contribution is 0.831. The van der Waals surface area contributed by atoms with Crippen LogP contribution in [0.4, 0.5) is 5.69 Å². The Balaban J connectivity index is 0.000000531. The van der Waals surface area contributed by atoms with Crippen molar-refractivity contribution in [2.24, 2.45) is 0 Å². The summed E-state index contributed by atoms with van der Waals surface area (Å²) < 4.78 is 0. The predicted molar refractivity (Wildman–Crippen MR) is 69.3 cm³/mol. The van der Waals surface area contributed by atoms with Crippen molar-refractivity contribution in [1.29, 1.82) is 0 Å². The van der Waals surface area contributed by atoms with E-state index in [0.29, 0.717) is 6.04 Å². The van der Waals surface area contributed by atoms with Crippen LogP contribution in [0.1, 0.15) is 38.3 Å². The molecule has 15 heavy (non-hydrogen) atoms. The molecule has 2 rings (SSSR count). The van der Waals surface area contributed by atoms with Crippen LogP contribution in [0.15, 0.2) is 24.3 Å². The minimum Gasteiger partial charge on any atom is -0.378 e. The number of hydrogen-bond donors (Lipinski definition) is 1. The van der Waals surface area contributed by atoms with E-state index >= 15 is 0 Å². The van der Waals surface area contributed by atoms with Gasteiger partial charge < -0.3 is 5.32 Å². The fourth-order valence-electron chi connectivity index (χ4n) is 1.66. The second-order valence-electron chi connectivity index (χ2n) is 3.61. The SMILES string of the molecule is CC.CCC1C=Cc2cc(C)ccc2N1. The summed E-state index contributed by atoms with van der Waals surface area (Å²) >= 11 is 0. The van der Waals surface area contributed by atoms with Crippen LogP contribution in [0.25, 0.3) is 6.08 Å². The van der Waals surface area contributed by atoms with Gasteiger partial charge in [0.15, 0.2) is 0 Å². The average molecular weight is 203 g/mol. The Morgan fingerprint density at radius 2 is 2.00 bits per heavy atom. The monoisotopic (exact) mass is 203 g/mol. The average Bonchev–Trinajstić information content (AvgIpc) is 2.31. The lowest BCUT2D eigenvalue weighted by atomic mass is 10.0. The normalized spacial score (nSPS) is 17.2. The molecule has 0 radical (unpaired) electrons. The molecule has 1 aromatic carbocycles. The van der Waals surface area contributed by atoms with Crippen LogP contribution in [0.5, 0.6) is 0 Å². The number of anilines is 1. The first-order chi connectivity index (χ1) is 7.29. The van der Waals surface area contributed by atoms with E-state index in [0.717, 1.165) is 6.42 Å². The third-order valence-corrected chi connectivity index (χ3v) is 2.50. The van der Waals surface area contributed by atoms with Crippen molar-refractivity contribution in [2.45, 2.75) is 40.2 Å². The minimum atomic E-state index is 0.509. The Labute approximate surface area is 93.2 Å². The Bertz CT molecular complexity index is 339. The molecule has 1 aromatic rings. The molecule has 1 N–H and O–H groups in total. The number of benzene rings is 1. The molecule has 1 aliphatic heterocycles. The quantitative estimate of drug-likeness (QED) is 0.720. The van der Waals surface area contributed by atoms with Crippen LogP contribution < -0.4 is 5.32 Å². The largest absolute Gasteiger partial charge is 0.378 e. The second kappa shape index (κ2) is 5.59. The standard InChI is InChI=1S/C12H15N.C2H6/c1-3-11-6-5-10-8-9(2)4-7-12(10)13-11;1-2/h4-8,11,13H,3H2,1-2H3;1-2H3. The maximum absolute atomic E-state index is 3.49. The van der Waals surface area contributed by atoms with Gasteiger partial charge in [-0.15, -0.1) is 0 Å². The zero-order chi connectivity index (χ0) is 11.3. The van der Waals surface area contributed by atoms with Crippen LogP contribution >= 0.6 is 0 Å². The molecular formula is C14H21N. The highest BCUT2D eigenvalue weighted by molar-refractivity contribution is 5.71. The summed E-state index contributed by atoms with van der Waals surface area (Å²) in [6.45, 7) is 8.32. The highest BCUT2D eigenvalue weighted by Crippen LogP contribution is 2.24. The van der Waals surface area contributed by atoms with E-state index in [1.165, 1.54) is 16.8 Å². The van der Waals surface area contributed by atoms with Crippen LogP contribution in [0, 0.1) is 6.92 Å². The Morgan fingerprint density at radius 1 is 1.27 bits per heavy atom. The lowest BCUT2D eigenvalue weighted by Crippen LogP contribution is -2.18. The number of fused-ring (bicyclic) bond motifs is 1. The van der Waals surface area contributed by atoms with Gasteiger partial charge in [-0.05, 0) is 31.0 Å². The second-order valence-corrected chi connectivity index (χ2v) is 3.61. The third-order valence-electron chi connectivity index (χ3n) is 2.50. The first-order valence-electron chi connectivity index (χ1n) is 5.85. The van der Waals surface area contributed by atoms with Gasteiger partial charge in [0.2, 0.25) is 0 Å². The number of hydrogen-bond acceptors (Lipinski definition) is 1. The summed E-state index contributed by atoms with van der Waals surface area (Å²) in [5.74, 6) is 0. The Morgan fingerprint density at radius 3 is 2.67 bits per heavy atom. The Hall–Kier alpha value is -1.24. The molecule has 0 fully saturated rings. The van der Waals surface area contributed by atoms with Crippen LogP contribution in [-0.4, -0.2) is 6.04 Å². The van der Waals surface area contributed by atoms with Crippen molar-refractivity contribution in [2.75, 3.05) is 5.32 Å². The topological polar surface area (TPSA) is 12.0 Å². The van der Waals surface area contributed by atoms with Gasteiger partial charge in [-0.25, -0.2) is 0 Å². The summed E-state index contributed by atoms with van der Waals surface area (Å²) in [5, 5.41) is 3.49. The molecule has 1 aliphatic rings. The van der Waals surface area contributed by atoms with Crippen molar-refractivity contribution in [3.63, 3.8) is 0 Å². The van der Waals surface area contributed by atoms with E-state index in [1.54, 1.807) is 0 Å². The molecule has 1 atom stereocenters. The van der Waals surface area contributed by atoms with Crippen molar-refractivity contribution in [3.8, 4) is 0 Å². The highest BCUT2D eigenvalue weighted by atomic mass is 14.9. The number of nitrogens with one attached hydrogen (secondary N) is 1. The van der Waals surface area contributed by atoms with Crippen molar-refractivity contribution < 1.29 is 0 Å². The van der Waals surface area contributed by atoms with Crippen LogP contribution in [-0.2, 0) is 0 Å². The molecule has 0 amide bonds. The summed E-state index contributed by atoms with van der Waals surface area (Å²) in [7, 11) is 0. The number of aryl methyl sites for hydroxylation is 1. The summed E-state index contributed by atoms with van der Waals surface area (Å²) in [4.78, 5) is 0. The minimum absolute atomic E-state index is 0.509. The van der Waals surface area contributed by atoms with E-state index in [9.17, 15) is 0 Å². The summed E-state index contributed by atoms with van der Waals surface area (Å²) in [6, 6.07) is 7.04. The van der Waals surface area contributed by atoms with Gasteiger partial charge in [0, 0.05) is 11.7 Å². The predicted octanol–water partition coefficient (Wildman–Crippen LogP) is 4.24. The van der Waals surface area contributed by atoms with E-state index in [4.69, 9.17) is 0 Å². The summed E-state index contributed by atoms with van der Waals surface area (Å²) in [6.07, 6.45) is 5.60.